The van der Waals surface area contributed by atoms with Crippen molar-refractivity contribution in [3.63, 3.8) is 0 Å². The number of aromatic nitrogens is 5. The number of carbonyl (C=O) groups excluding carboxylic acids is 1. The topological polar surface area (TPSA) is 92.1 Å². The van der Waals surface area contributed by atoms with Gasteiger partial charge in [0, 0.05) is 20.1 Å². The summed E-state index contributed by atoms with van der Waals surface area (Å²) < 4.78 is 1.78. The molecule has 0 radical (unpaired) electrons. The highest BCUT2D eigenvalue weighted by Gasteiger charge is 2.35. The van der Waals surface area contributed by atoms with Gasteiger partial charge in [0.1, 0.15) is 10.7 Å². The van der Waals surface area contributed by atoms with Crippen LogP contribution in [0.2, 0.25) is 0 Å². The number of carbonyl (C=O) groups is 1. The fourth-order valence-electron chi connectivity index (χ4n) is 3.20. The summed E-state index contributed by atoms with van der Waals surface area (Å²) in [6, 6.07) is -0.0596. The first-order chi connectivity index (χ1) is 13.3. The van der Waals surface area contributed by atoms with Crippen molar-refractivity contribution in [2.75, 3.05) is 22.2 Å². The molecule has 3 aromatic heterocycles. The van der Waals surface area contributed by atoms with Gasteiger partial charge in [-0.1, -0.05) is 0 Å². The number of nitrogens with zero attached hydrogens (tertiary/aromatic N) is 7. The molecule has 0 saturated carbocycles. The summed E-state index contributed by atoms with van der Waals surface area (Å²) in [6.45, 7) is 7.81. The summed E-state index contributed by atoms with van der Waals surface area (Å²) in [7, 11) is 3.78. The SMILES string of the molecule is Cc1nc2c(s1)N(C)c1nc(Nc3cnn(C)c3C)ncc1N(C(C)C)C2=O. The van der Waals surface area contributed by atoms with Crippen molar-refractivity contribution in [2.24, 2.45) is 7.05 Å². The second kappa shape index (κ2) is 6.55. The van der Waals surface area contributed by atoms with Crippen LogP contribution in [0.25, 0.3) is 0 Å². The van der Waals surface area contributed by atoms with Crippen LogP contribution in [0, 0.1) is 13.8 Å². The minimum atomic E-state index is -0.132. The van der Waals surface area contributed by atoms with E-state index in [1.807, 2.05) is 46.7 Å². The first kappa shape index (κ1) is 18.4. The van der Waals surface area contributed by atoms with E-state index in [4.69, 9.17) is 4.98 Å². The molecule has 0 saturated heterocycles. The molecule has 0 atom stereocenters. The van der Waals surface area contributed by atoms with Crippen LogP contribution >= 0.6 is 11.3 Å². The van der Waals surface area contributed by atoms with Crippen LogP contribution < -0.4 is 15.1 Å². The van der Waals surface area contributed by atoms with Crippen molar-refractivity contribution in [3.05, 3.63) is 28.8 Å². The minimum Gasteiger partial charge on any atom is -0.321 e. The molecule has 0 aliphatic carbocycles. The lowest BCUT2D eigenvalue weighted by Crippen LogP contribution is -2.37. The summed E-state index contributed by atoms with van der Waals surface area (Å²) >= 11 is 1.48. The number of rotatable bonds is 3. The molecule has 1 aliphatic heterocycles. The molecular weight excluding hydrogens is 376 g/mol. The molecule has 1 N–H and O–H groups in total. The van der Waals surface area contributed by atoms with E-state index in [-0.39, 0.29) is 11.9 Å². The van der Waals surface area contributed by atoms with Gasteiger partial charge in [0.25, 0.3) is 5.91 Å². The van der Waals surface area contributed by atoms with E-state index < -0.39 is 0 Å². The first-order valence-electron chi connectivity index (χ1n) is 8.95. The van der Waals surface area contributed by atoms with E-state index in [2.05, 4.69) is 20.4 Å². The number of aryl methyl sites for hydroxylation is 2. The van der Waals surface area contributed by atoms with Crippen molar-refractivity contribution in [1.29, 1.82) is 0 Å². The Labute approximate surface area is 167 Å². The molecule has 1 aliphatic rings. The molecule has 0 unspecified atom stereocenters. The van der Waals surface area contributed by atoms with Gasteiger partial charge in [0.05, 0.1) is 28.8 Å². The quantitative estimate of drug-likeness (QED) is 0.724. The van der Waals surface area contributed by atoms with Gasteiger partial charge in [-0.15, -0.1) is 11.3 Å². The van der Waals surface area contributed by atoms with E-state index in [0.717, 1.165) is 21.4 Å². The Kier molecular flexibility index (Phi) is 4.30. The average Bonchev–Trinajstić information content (AvgIpc) is 3.17. The second-order valence-electron chi connectivity index (χ2n) is 7.01. The van der Waals surface area contributed by atoms with Crippen molar-refractivity contribution < 1.29 is 4.79 Å². The Balaban J connectivity index is 1.84. The Morgan fingerprint density at radius 1 is 1.14 bits per heavy atom. The molecule has 1 amide bonds. The van der Waals surface area contributed by atoms with Gasteiger partial charge >= 0.3 is 0 Å². The van der Waals surface area contributed by atoms with E-state index in [1.54, 1.807) is 22.0 Å². The van der Waals surface area contributed by atoms with Gasteiger partial charge in [-0.2, -0.15) is 10.1 Å². The van der Waals surface area contributed by atoms with Crippen LogP contribution in [0.3, 0.4) is 0 Å². The highest BCUT2D eigenvalue weighted by Crippen LogP contribution is 2.42. The summed E-state index contributed by atoms with van der Waals surface area (Å²) in [4.78, 5) is 30.5. The summed E-state index contributed by atoms with van der Waals surface area (Å²) in [5.41, 5.74) is 2.93. The standard InChI is InChI=1S/C18H22N8OS/c1-9(2)26-13-8-19-18(22-12-7-20-25(6)10(12)3)23-15(13)24(5)17-14(16(26)27)21-11(4)28-17/h7-9H,1-6H3,(H,19,22,23). The maximum atomic E-state index is 13.2. The smallest absolute Gasteiger partial charge is 0.280 e. The third-order valence-corrected chi connectivity index (χ3v) is 5.81. The monoisotopic (exact) mass is 398 g/mol. The highest BCUT2D eigenvalue weighted by molar-refractivity contribution is 7.16. The zero-order valence-corrected chi connectivity index (χ0v) is 17.5. The van der Waals surface area contributed by atoms with E-state index >= 15 is 0 Å². The summed E-state index contributed by atoms with van der Waals surface area (Å²) in [5.74, 6) is 0.971. The Bertz CT molecular complexity index is 1070. The van der Waals surface area contributed by atoms with Gasteiger partial charge in [-0.3, -0.25) is 14.4 Å². The molecule has 0 fully saturated rings. The van der Waals surface area contributed by atoms with Gasteiger partial charge in [-0.05, 0) is 27.7 Å². The van der Waals surface area contributed by atoms with Crippen molar-refractivity contribution in [1.82, 2.24) is 24.7 Å². The third-order valence-electron chi connectivity index (χ3n) is 4.77. The fourth-order valence-corrected chi connectivity index (χ4v) is 4.07. The molecule has 0 bridgehead atoms. The van der Waals surface area contributed by atoms with Crippen molar-refractivity contribution in [2.45, 2.75) is 33.7 Å². The number of thiazole rings is 1. The third kappa shape index (κ3) is 2.80. The zero-order valence-electron chi connectivity index (χ0n) is 16.7. The molecule has 9 nitrogen and oxygen atoms in total. The normalized spacial score (nSPS) is 13.6. The molecule has 146 valence electrons. The lowest BCUT2D eigenvalue weighted by atomic mass is 10.2. The molecule has 0 aromatic carbocycles. The van der Waals surface area contributed by atoms with Crippen LogP contribution in [0.5, 0.6) is 0 Å². The van der Waals surface area contributed by atoms with Crippen LogP contribution in [-0.2, 0) is 7.05 Å². The van der Waals surface area contributed by atoms with E-state index in [9.17, 15) is 4.79 Å². The molecule has 3 aromatic rings. The molecule has 28 heavy (non-hydrogen) atoms. The van der Waals surface area contributed by atoms with Crippen LogP contribution in [0.1, 0.15) is 35.0 Å². The lowest BCUT2D eigenvalue weighted by Gasteiger charge is -2.26. The molecule has 4 rings (SSSR count). The zero-order chi connectivity index (χ0) is 20.2. The molecule has 4 heterocycles. The number of fused-ring (bicyclic) bond motifs is 2. The van der Waals surface area contributed by atoms with Crippen LogP contribution in [0.4, 0.5) is 28.1 Å². The minimum absolute atomic E-state index is 0.0596. The Morgan fingerprint density at radius 3 is 2.54 bits per heavy atom. The van der Waals surface area contributed by atoms with E-state index in [0.29, 0.717) is 23.1 Å². The predicted octanol–water partition coefficient (Wildman–Crippen LogP) is 3.16. The number of nitrogens with one attached hydrogen (secondary N) is 1. The maximum absolute atomic E-state index is 13.2. The second-order valence-corrected chi connectivity index (χ2v) is 8.19. The highest BCUT2D eigenvalue weighted by atomic mass is 32.1. The lowest BCUT2D eigenvalue weighted by molar-refractivity contribution is 0.0977. The number of amides is 1. The van der Waals surface area contributed by atoms with Gasteiger partial charge in [0.2, 0.25) is 5.95 Å². The van der Waals surface area contributed by atoms with Gasteiger partial charge in [0.15, 0.2) is 11.5 Å². The predicted molar refractivity (Wildman–Crippen MR) is 110 cm³/mol. The summed E-state index contributed by atoms with van der Waals surface area (Å²) in [6.07, 6.45) is 3.43. The summed E-state index contributed by atoms with van der Waals surface area (Å²) in [5, 5.41) is 9.09. The van der Waals surface area contributed by atoms with Crippen LogP contribution in [-0.4, -0.2) is 43.7 Å². The number of hydrogen-bond donors (Lipinski definition) is 1. The molecular formula is C18H22N8OS. The molecule has 10 heteroatoms. The van der Waals surface area contributed by atoms with Gasteiger partial charge < -0.3 is 10.2 Å². The van der Waals surface area contributed by atoms with Gasteiger partial charge in [-0.25, -0.2) is 9.97 Å². The average molecular weight is 398 g/mol. The van der Waals surface area contributed by atoms with Crippen LogP contribution in [0.15, 0.2) is 12.4 Å². The van der Waals surface area contributed by atoms with Crippen molar-refractivity contribution in [3.8, 4) is 0 Å². The Morgan fingerprint density at radius 2 is 1.89 bits per heavy atom. The van der Waals surface area contributed by atoms with Crippen molar-refractivity contribution >= 4 is 45.4 Å². The maximum Gasteiger partial charge on any atom is 0.280 e. The fraction of sp³-hybridized carbons (Fsp3) is 0.389. The Hall–Kier alpha value is -3.01. The largest absolute Gasteiger partial charge is 0.321 e. The first-order valence-corrected chi connectivity index (χ1v) is 9.77. The number of hydrogen-bond acceptors (Lipinski definition) is 8. The van der Waals surface area contributed by atoms with E-state index in [1.165, 1.54) is 11.3 Å². The molecule has 0 spiro atoms. The number of anilines is 5.